The molecule has 1 aliphatic heterocycles. The Morgan fingerprint density at radius 2 is 1.89 bits per heavy atom. The number of benzene rings is 1. The highest BCUT2D eigenvalue weighted by atomic mass is 19.4. The molecule has 36 heavy (non-hydrogen) atoms. The molecule has 2 aromatic rings. The third kappa shape index (κ3) is 6.09. The summed E-state index contributed by atoms with van der Waals surface area (Å²) in [6.07, 6.45) is 0.0722. The molecule has 1 amide bonds. The van der Waals surface area contributed by atoms with Crippen LogP contribution in [0.25, 0.3) is 0 Å². The minimum Gasteiger partial charge on any atom is -0.382 e. The van der Waals surface area contributed by atoms with Gasteiger partial charge in [0.1, 0.15) is 0 Å². The van der Waals surface area contributed by atoms with Crippen LogP contribution in [0.15, 0.2) is 36.5 Å². The average molecular weight is 504 g/mol. The first kappa shape index (κ1) is 26.6. The first-order valence-electron chi connectivity index (χ1n) is 12.9. The highest BCUT2D eigenvalue weighted by molar-refractivity contribution is 5.94. The zero-order valence-electron chi connectivity index (χ0n) is 21.3. The number of fused-ring (bicyclic) bond motifs is 1. The SMILES string of the molecule is CC[C@H]1c2ncc(C(=O)N[C@@H](COC)c3ccc(C)cc3)cc2CN1CC1CCC(C(F)(F)F)CC1. The van der Waals surface area contributed by atoms with Crippen LogP contribution in [0.4, 0.5) is 13.2 Å². The predicted molar refractivity (Wildman–Crippen MR) is 132 cm³/mol. The number of aryl methyl sites for hydroxylation is 1. The number of alkyl halides is 3. The van der Waals surface area contributed by atoms with Gasteiger partial charge in [-0.2, -0.15) is 13.2 Å². The van der Waals surface area contributed by atoms with E-state index in [4.69, 9.17) is 4.74 Å². The molecule has 2 atom stereocenters. The largest absolute Gasteiger partial charge is 0.391 e. The molecule has 1 saturated carbocycles. The fourth-order valence-corrected chi connectivity index (χ4v) is 5.65. The van der Waals surface area contributed by atoms with Crippen LogP contribution in [0.2, 0.25) is 0 Å². The lowest BCUT2D eigenvalue weighted by atomic mass is 9.81. The zero-order chi connectivity index (χ0) is 25.9. The predicted octanol–water partition coefficient (Wildman–Crippen LogP) is 6.14. The lowest BCUT2D eigenvalue weighted by Crippen LogP contribution is -2.33. The van der Waals surface area contributed by atoms with Gasteiger partial charge in [-0.1, -0.05) is 36.8 Å². The quantitative estimate of drug-likeness (QED) is 0.470. The van der Waals surface area contributed by atoms with Gasteiger partial charge in [0.05, 0.1) is 35.9 Å². The van der Waals surface area contributed by atoms with Gasteiger partial charge in [-0.15, -0.1) is 0 Å². The molecule has 1 aliphatic carbocycles. The van der Waals surface area contributed by atoms with E-state index < -0.39 is 12.1 Å². The Labute approximate surface area is 211 Å². The molecule has 2 aliphatic rings. The molecule has 8 heteroatoms. The van der Waals surface area contributed by atoms with Crippen LogP contribution in [0, 0.1) is 18.8 Å². The second-order valence-electron chi connectivity index (χ2n) is 10.3. The van der Waals surface area contributed by atoms with Crippen LogP contribution in [0.1, 0.15) is 83.9 Å². The molecule has 0 bridgehead atoms. The topological polar surface area (TPSA) is 54.5 Å². The fourth-order valence-electron chi connectivity index (χ4n) is 5.65. The van der Waals surface area contributed by atoms with E-state index in [0.29, 0.717) is 31.6 Å². The van der Waals surface area contributed by atoms with E-state index in [1.54, 1.807) is 13.3 Å². The van der Waals surface area contributed by atoms with Crippen molar-refractivity contribution in [2.24, 2.45) is 11.8 Å². The van der Waals surface area contributed by atoms with Crippen LogP contribution in [0.3, 0.4) is 0 Å². The summed E-state index contributed by atoms with van der Waals surface area (Å²) >= 11 is 0. The van der Waals surface area contributed by atoms with Gasteiger partial charge in [-0.3, -0.25) is 14.7 Å². The number of ether oxygens (including phenoxy) is 1. The Hall–Kier alpha value is -2.45. The minimum absolute atomic E-state index is 0.131. The van der Waals surface area contributed by atoms with Crippen molar-refractivity contribution in [1.82, 2.24) is 15.2 Å². The van der Waals surface area contributed by atoms with Gasteiger partial charge in [0.15, 0.2) is 0 Å². The van der Waals surface area contributed by atoms with E-state index in [-0.39, 0.29) is 36.8 Å². The van der Waals surface area contributed by atoms with E-state index in [1.165, 1.54) is 0 Å². The first-order valence-corrected chi connectivity index (χ1v) is 12.9. The van der Waals surface area contributed by atoms with Gasteiger partial charge >= 0.3 is 6.18 Å². The average Bonchev–Trinajstić information content (AvgIpc) is 3.20. The molecule has 0 radical (unpaired) electrons. The van der Waals surface area contributed by atoms with E-state index in [1.807, 2.05) is 37.3 Å². The number of nitrogens with zero attached hydrogens (tertiary/aromatic N) is 2. The highest BCUT2D eigenvalue weighted by Crippen LogP contribution is 2.42. The number of nitrogens with one attached hydrogen (secondary N) is 1. The maximum absolute atomic E-state index is 13.1. The number of methoxy groups -OCH3 is 1. The van der Waals surface area contributed by atoms with Crippen molar-refractivity contribution >= 4 is 5.91 Å². The summed E-state index contributed by atoms with van der Waals surface area (Å²) < 4.78 is 44.5. The Bertz CT molecular complexity index is 1030. The summed E-state index contributed by atoms with van der Waals surface area (Å²) in [7, 11) is 1.61. The molecule has 4 rings (SSSR count). The second kappa shape index (κ2) is 11.3. The number of hydrogen-bond donors (Lipinski definition) is 1. The van der Waals surface area contributed by atoms with Crippen LogP contribution in [-0.4, -0.2) is 42.2 Å². The maximum Gasteiger partial charge on any atom is 0.391 e. The second-order valence-corrected chi connectivity index (χ2v) is 10.3. The molecule has 0 spiro atoms. The Kier molecular flexibility index (Phi) is 8.35. The lowest BCUT2D eigenvalue weighted by Gasteiger charge is -2.33. The number of amides is 1. The number of halogens is 3. The number of aromatic nitrogens is 1. The lowest BCUT2D eigenvalue weighted by molar-refractivity contribution is -0.184. The van der Waals surface area contributed by atoms with Crippen LogP contribution >= 0.6 is 0 Å². The molecule has 0 saturated heterocycles. The monoisotopic (exact) mass is 503 g/mol. The number of carbonyl (C=O) groups is 1. The molecule has 5 nitrogen and oxygen atoms in total. The van der Waals surface area contributed by atoms with Gasteiger partial charge in [-0.25, -0.2) is 0 Å². The van der Waals surface area contributed by atoms with Crippen LogP contribution < -0.4 is 5.32 Å². The molecular weight excluding hydrogens is 467 g/mol. The van der Waals surface area contributed by atoms with Crippen molar-refractivity contribution < 1.29 is 22.7 Å². The summed E-state index contributed by atoms with van der Waals surface area (Å²) in [6.45, 7) is 5.91. The molecular formula is C28H36F3N3O2. The normalized spacial score (nSPS) is 23.3. The van der Waals surface area contributed by atoms with Crippen molar-refractivity contribution in [2.45, 2.75) is 70.8 Å². The van der Waals surface area contributed by atoms with Crippen molar-refractivity contribution in [3.8, 4) is 0 Å². The highest BCUT2D eigenvalue weighted by Gasteiger charge is 2.42. The third-order valence-corrected chi connectivity index (χ3v) is 7.70. The van der Waals surface area contributed by atoms with Crippen LogP contribution in [-0.2, 0) is 11.3 Å². The van der Waals surface area contributed by atoms with E-state index in [2.05, 4.69) is 22.1 Å². The molecule has 1 aromatic heterocycles. The molecule has 1 aromatic carbocycles. The van der Waals surface area contributed by atoms with Gasteiger partial charge in [0.2, 0.25) is 0 Å². The molecule has 1 fully saturated rings. The molecule has 1 N–H and O–H groups in total. The minimum atomic E-state index is -4.08. The van der Waals surface area contributed by atoms with Crippen molar-refractivity contribution in [1.29, 1.82) is 0 Å². The summed E-state index contributed by atoms with van der Waals surface area (Å²) in [5.41, 5.74) is 4.63. The van der Waals surface area contributed by atoms with Crippen molar-refractivity contribution in [3.63, 3.8) is 0 Å². The summed E-state index contributed by atoms with van der Waals surface area (Å²) in [6, 6.07) is 9.78. The summed E-state index contributed by atoms with van der Waals surface area (Å²) in [5, 5.41) is 3.07. The van der Waals surface area contributed by atoms with E-state index >= 15 is 0 Å². The Balaban J connectivity index is 1.42. The fraction of sp³-hybridized carbons (Fsp3) is 0.571. The third-order valence-electron chi connectivity index (χ3n) is 7.70. The summed E-state index contributed by atoms with van der Waals surface area (Å²) in [5.74, 6) is -1.10. The van der Waals surface area contributed by atoms with Crippen molar-refractivity contribution in [3.05, 3.63) is 64.5 Å². The van der Waals surface area contributed by atoms with Gasteiger partial charge in [-0.05, 0) is 62.1 Å². The molecule has 196 valence electrons. The molecule has 2 heterocycles. The number of rotatable bonds is 8. The zero-order valence-corrected chi connectivity index (χ0v) is 21.3. The number of pyridine rings is 1. The standard InChI is InChI=1S/C28H36F3N3O2/c1-4-25-26-22(16-34(25)15-19-7-11-23(12-8-19)28(29,30)31)13-21(14-32-26)27(35)33-24(17-36-3)20-9-5-18(2)6-10-20/h5-6,9-10,13-14,19,23-25H,4,7-8,11-12,15-17H2,1-3H3,(H,33,35)/t19?,23?,24-,25-/m0/s1. The van der Waals surface area contributed by atoms with Crippen molar-refractivity contribution in [2.75, 3.05) is 20.3 Å². The smallest absolute Gasteiger partial charge is 0.382 e. The molecule has 0 unspecified atom stereocenters. The van der Waals surface area contributed by atoms with Crippen LogP contribution in [0.5, 0.6) is 0 Å². The summed E-state index contributed by atoms with van der Waals surface area (Å²) in [4.78, 5) is 20.1. The van der Waals surface area contributed by atoms with Gasteiger partial charge in [0.25, 0.3) is 5.91 Å². The number of hydrogen-bond acceptors (Lipinski definition) is 4. The number of carbonyl (C=O) groups excluding carboxylic acids is 1. The first-order chi connectivity index (χ1) is 17.2. The maximum atomic E-state index is 13.1. The van der Waals surface area contributed by atoms with E-state index in [0.717, 1.165) is 35.3 Å². The Morgan fingerprint density at radius 3 is 2.50 bits per heavy atom. The Morgan fingerprint density at radius 1 is 1.19 bits per heavy atom. The van der Waals surface area contributed by atoms with Gasteiger partial charge in [0, 0.05) is 26.4 Å². The van der Waals surface area contributed by atoms with Gasteiger partial charge < -0.3 is 10.1 Å². The van der Waals surface area contributed by atoms with E-state index in [9.17, 15) is 18.0 Å².